The number of hydrogen-bond donors (Lipinski definition) is 0. The Morgan fingerprint density at radius 2 is 1.21 bits per heavy atom. The molecule has 1 atom stereocenters. The quantitative estimate of drug-likeness (QED) is 0.305. The number of methoxy groups -OCH3 is 2. The molecule has 0 radical (unpaired) electrons. The van der Waals surface area contributed by atoms with E-state index in [0.717, 1.165) is 26.4 Å². The Bertz CT molecular complexity index is 1250. The maximum Gasteiger partial charge on any atom is 0.451 e. The summed E-state index contributed by atoms with van der Waals surface area (Å²) >= 11 is 0. The van der Waals surface area contributed by atoms with Crippen molar-refractivity contribution in [3.63, 3.8) is 0 Å². The summed E-state index contributed by atoms with van der Waals surface area (Å²) in [4.78, 5) is 26.8. The molecule has 0 fully saturated rings. The van der Waals surface area contributed by atoms with Gasteiger partial charge in [0.15, 0.2) is 5.78 Å². The molecule has 1 unspecified atom stereocenters. The van der Waals surface area contributed by atoms with E-state index in [1.165, 1.54) is 32.0 Å². The highest BCUT2D eigenvalue weighted by molar-refractivity contribution is 7.88. The van der Waals surface area contributed by atoms with Gasteiger partial charge in [0.25, 0.3) is 7.14 Å². The average Bonchev–Trinajstić information content (AvgIpc) is 2.83. The third-order valence-corrected chi connectivity index (χ3v) is 8.07. The number of carbonyl (C=O) groups excluding carboxylic acids is 2. The third-order valence-electron chi connectivity index (χ3n) is 5.53. The van der Waals surface area contributed by atoms with Crippen molar-refractivity contribution in [1.82, 2.24) is 0 Å². The number of benzene rings is 3. The van der Waals surface area contributed by atoms with E-state index in [1.807, 2.05) is 0 Å². The SMILES string of the molecule is COc1c(C)c(C(=O)c2ccccc2)c(C)c(OC)c1C(=O)P(=O)(c1ccccc1)C(F)(F)F. The molecule has 5 nitrogen and oxygen atoms in total. The van der Waals surface area contributed by atoms with Crippen molar-refractivity contribution >= 4 is 23.8 Å². The van der Waals surface area contributed by atoms with Crippen molar-refractivity contribution in [1.29, 1.82) is 0 Å². The van der Waals surface area contributed by atoms with Crippen LogP contribution in [0.3, 0.4) is 0 Å². The fraction of sp³-hybridized carbons (Fsp3) is 0.200. The van der Waals surface area contributed by atoms with Crippen LogP contribution in [-0.4, -0.2) is 31.4 Å². The third kappa shape index (κ3) is 4.03. The Morgan fingerprint density at radius 1 is 0.765 bits per heavy atom. The Labute approximate surface area is 194 Å². The largest absolute Gasteiger partial charge is 0.496 e. The summed E-state index contributed by atoms with van der Waals surface area (Å²) < 4.78 is 66.8. The van der Waals surface area contributed by atoms with Crippen molar-refractivity contribution in [2.24, 2.45) is 0 Å². The van der Waals surface area contributed by atoms with Gasteiger partial charge in [0.2, 0.25) is 5.52 Å². The minimum Gasteiger partial charge on any atom is -0.496 e. The lowest BCUT2D eigenvalue weighted by Gasteiger charge is -2.25. The number of ketones is 1. The molecule has 34 heavy (non-hydrogen) atoms. The molecule has 0 aromatic heterocycles. The van der Waals surface area contributed by atoms with E-state index in [0.29, 0.717) is 5.56 Å². The molecule has 0 aliphatic carbocycles. The lowest BCUT2D eigenvalue weighted by molar-refractivity contribution is -0.0443. The highest BCUT2D eigenvalue weighted by atomic mass is 31.2. The first-order valence-electron chi connectivity index (χ1n) is 10.1. The van der Waals surface area contributed by atoms with Crippen LogP contribution in [0.15, 0.2) is 60.7 Å². The first-order valence-corrected chi connectivity index (χ1v) is 11.8. The predicted octanol–water partition coefficient (Wildman–Crippen LogP) is 5.90. The van der Waals surface area contributed by atoms with Gasteiger partial charge in [0.1, 0.15) is 17.1 Å². The molecule has 0 amide bonds. The molecule has 0 aliphatic rings. The zero-order valence-electron chi connectivity index (χ0n) is 18.9. The number of rotatable bonds is 7. The summed E-state index contributed by atoms with van der Waals surface area (Å²) in [5.41, 5.74) is -1.56. The fourth-order valence-electron chi connectivity index (χ4n) is 3.94. The van der Waals surface area contributed by atoms with Gasteiger partial charge in [0.05, 0.1) is 14.2 Å². The van der Waals surface area contributed by atoms with Gasteiger partial charge >= 0.3 is 5.92 Å². The maximum atomic E-state index is 14.2. The van der Waals surface area contributed by atoms with Crippen LogP contribution in [0.25, 0.3) is 0 Å². The molecule has 3 aromatic carbocycles. The van der Waals surface area contributed by atoms with Gasteiger partial charge in [0, 0.05) is 27.6 Å². The van der Waals surface area contributed by atoms with Crippen LogP contribution >= 0.6 is 7.14 Å². The zero-order valence-corrected chi connectivity index (χ0v) is 19.8. The number of alkyl halides is 3. The van der Waals surface area contributed by atoms with Crippen LogP contribution in [-0.2, 0) is 4.57 Å². The maximum absolute atomic E-state index is 14.2. The molecule has 0 saturated carbocycles. The second-order valence-electron chi connectivity index (χ2n) is 7.48. The minimum absolute atomic E-state index is 0.123. The van der Waals surface area contributed by atoms with Gasteiger partial charge in [-0.25, -0.2) is 0 Å². The summed E-state index contributed by atoms with van der Waals surface area (Å²) in [6.45, 7) is 2.92. The van der Waals surface area contributed by atoms with Gasteiger partial charge in [-0.05, 0) is 13.8 Å². The fourth-order valence-corrected chi connectivity index (χ4v) is 5.81. The molecule has 0 saturated heterocycles. The monoisotopic (exact) mass is 490 g/mol. The van der Waals surface area contributed by atoms with E-state index in [4.69, 9.17) is 9.47 Å². The summed E-state index contributed by atoms with van der Waals surface area (Å²) in [6.07, 6.45) is 0. The number of hydrogen-bond acceptors (Lipinski definition) is 5. The molecule has 9 heteroatoms. The summed E-state index contributed by atoms with van der Waals surface area (Å²) in [5, 5.41) is -0.656. The lowest BCUT2D eigenvalue weighted by atomic mass is 9.91. The highest BCUT2D eigenvalue weighted by Crippen LogP contribution is 2.63. The second-order valence-corrected chi connectivity index (χ2v) is 10.1. The Morgan fingerprint density at radius 3 is 1.62 bits per heavy atom. The molecule has 178 valence electrons. The van der Waals surface area contributed by atoms with Crippen LogP contribution in [0, 0.1) is 13.8 Å². The molecule has 0 heterocycles. The summed E-state index contributed by atoms with van der Waals surface area (Å²) in [6, 6.07) is 14.2. The van der Waals surface area contributed by atoms with Crippen LogP contribution in [0.4, 0.5) is 13.2 Å². The summed E-state index contributed by atoms with van der Waals surface area (Å²) in [7, 11) is -3.35. The van der Waals surface area contributed by atoms with Crippen LogP contribution in [0.2, 0.25) is 0 Å². The topological polar surface area (TPSA) is 69.7 Å². The van der Waals surface area contributed by atoms with Crippen molar-refractivity contribution < 1.29 is 36.8 Å². The minimum atomic E-state index is -5.67. The van der Waals surface area contributed by atoms with Crippen LogP contribution < -0.4 is 14.8 Å². The van der Waals surface area contributed by atoms with Crippen LogP contribution in [0.1, 0.15) is 37.4 Å². The molecule has 0 N–H and O–H groups in total. The molecular formula is C25H22F3O5P. The van der Waals surface area contributed by atoms with Gasteiger partial charge < -0.3 is 14.0 Å². The average molecular weight is 490 g/mol. The van der Waals surface area contributed by atoms with Gasteiger partial charge in [-0.3, -0.25) is 9.59 Å². The molecule has 3 rings (SSSR count). The Balaban J connectivity index is 2.36. The molecular weight excluding hydrogens is 468 g/mol. The first kappa shape index (κ1) is 25.2. The van der Waals surface area contributed by atoms with Crippen LogP contribution in [0.5, 0.6) is 11.5 Å². The van der Waals surface area contributed by atoms with Crippen molar-refractivity contribution in [2.45, 2.75) is 19.8 Å². The summed E-state index contributed by atoms with van der Waals surface area (Å²) in [5.74, 6) is -6.38. The smallest absolute Gasteiger partial charge is 0.451 e. The Hall–Kier alpha value is -3.38. The molecule has 0 aliphatic heterocycles. The highest BCUT2D eigenvalue weighted by Gasteiger charge is 2.59. The molecule has 3 aromatic rings. The van der Waals surface area contributed by atoms with Gasteiger partial charge in [-0.1, -0.05) is 60.7 Å². The van der Waals surface area contributed by atoms with E-state index in [2.05, 4.69) is 0 Å². The van der Waals surface area contributed by atoms with E-state index in [1.54, 1.807) is 30.3 Å². The van der Waals surface area contributed by atoms with Gasteiger partial charge in [-0.15, -0.1) is 0 Å². The number of ether oxygens (including phenoxy) is 2. The Kier molecular flexibility index (Phi) is 7.03. The lowest BCUT2D eigenvalue weighted by Crippen LogP contribution is -2.26. The molecule has 0 bridgehead atoms. The van der Waals surface area contributed by atoms with Crippen molar-refractivity contribution in [2.75, 3.05) is 14.2 Å². The van der Waals surface area contributed by atoms with E-state index < -0.39 is 35.2 Å². The molecule has 0 spiro atoms. The normalized spacial score (nSPS) is 13.1. The van der Waals surface area contributed by atoms with E-state index in [9.17, 15) is 27.3 Å². The second kappa shape index (κ2) is 9.47. The van der Waals surface area contributed by atoms with Crippen molar-refractivity contribution in [3.8, 4) is 11.5 Å². The number of carbonyl (C=O) groups is 2. The zero-order chi connectivity index (χ0) is 25.3. The van der Waals surface area contributed by atoms with E-state index >= 15 is 0 Å². The van der Waals surface area contributed by atoms with Crippen molar-refractivity contribution in [3.05, 3.63) is 88.5 Å². The predicted molar refractivity (Wildman–Crippen MR) is 123 cm³/mol. The van der Waals surface area contributed by atoms with Gasteiger partial charge in [-0.2, -0.15) is 13.2 Å². The van der Waals surface area contributed by atoms with E-state index in [-0.39, 0.29) is 28.2 Å². The standard InChI is InChI=1S/C25H22F3O5P/c1-15-19(21(29)17-11-7-5-8-12-17)16(2)23(33-4)20(22(15)32-3)24(30)34(31,25(26,27)28)18-13-9-6-10-14-18/h5-14H,1-4H3. The number of halogens is 3. The first-order chi connectivity index (χ1) is 16.0.